The Kier molecular flexibility index (Phi) is 4.71. The van der Waals surface area contributed by atoms with Crippen molar-refractivity contribution in [1.82, 2.24) is 4.31 Å². The van der Waals surface area contributed by atoms with E-state index in [1.165, 1.54) is 16.4 Å². The fraction of sp³-hybridized carbons (Fsp3) is 0.538. The molecule has 1 aliphatic rings. The van der Waals surface area contributed by atoms with Gasteiger partial charge in [-0.15, -0.1) is 0 Å². The van der Waals surface area contributed by atoms with Crippen LogP contribution in [0.4, 0.5) is 0 Å². The molecule has 2 unspecified atom stereocenters. The third kappa shape index (κ3) is 2.99. The first-order chi connectivity index (χ1) is 9.36. The average molecular weight is 320 g/mol. The second-order valence-electron chi connectivity index (χ2n) is 4.99. The van der Waals surface area contributed by atoms with E-state index in [2.05, 4.69) is 0 Å². The van der Waals surface area contributed by atoms with E-state index in [1.54, 1.807) is 13.0 Å². The van der Waals surface area contributed by atoms with E-state index >= 15 is 0 Å². The van der Waals surface area contributed by atoms with Gasteiger partial charge in [-0.05, 0) is 31.5 Å². The molecule has 0 amide bonds. The highest BCUT2D eigenvalue weighted by Gasteiger charge is 2.35. The van der Waals surface area contributed by atoms with Crippen molar-refractivity contribution in [1.29, 1.82) is 0 Å². The van der Waals surface area contributed by atoms with Crippen molar-refractivity contribution < 1.29 is 18.3 Å². The summed E-state index contributed by atoms with van der Waals surface area (Å²) in [5.74, 6) is 0. The summed E-state index contributed by atoms with van der Waals surface area (Å²) in [6.45, 7) is 4.06. The molecule has 1 fully saturated rings. The third-order valence-electron chi connectivity index (χ3n) is 3.32. The van der Waals surface area contributed by atoms with Crippen LogP contribution in [0.3, 0.4) is 0 Å². The molecule has 5 nitrogen and oxygen atoms in total. The highest BCUT2D eigenvalue weighted by Crippen LogP contribution is 2.28. The Hall–Kier alpha value is -0.660. The minimum atomic E-state index is -3.70. The molecule has 1 heterocycles. The molecule has 7 heteroatoms. The molecule has 0 spiro atoms. The number of hydrogen-bond acceptors (Lipinski definition) is 4. The summed E-state index contributed by atoms with van der Waals surface area (Å²) in [7, 11) is -3.70. The number of halogens is 1. The first-order valence-electron chi connectivity index (χ1n) is 6.39. The van der Waals surface area contributed by atoms with Crippen molar-refractivity contribution in [3.05, 3.63) is 28.8 Å². The van der Waals surface area contributed by atoms with Crippen molar-refractivity contribution in [2.45, 2.75) is 37.5 Å². The highest BCUT2D eigenvalue weighted by molar-refractivity contribution is 7.89. The molecule has 112 valence electrons. The molecule has 1 N–H and O–H groups in total. The quantitative estimate of drug-likeness (QED) is 0.919. The van der Waals surface area contributed by atoms with Gasteiger partial charge < -0.3 is 9.84 Å². The molecule has 1 aliphatic heterocycles. The molecule has 0 aromatic heterocycles. The number of morpholine rings is 1. The van der Waals surface area contributed by atoms with Crippen LogP contribution in [-0.2, 0) is 21.4 Å². The van der Waals surface area contributed by atoms with Gasteiger partial charge in [0.15, 0.2) is 0 Å². The van der Waals surface area contributed by atoms with Crippen molar-refractivity contribution in [2.24, 2.45) is 0 Å². The van der Waals surface area contributed by atoms with E-state index in [-0.39, 0.29) is 28.7 Å². The second kappa shape index (κ2) is 5.99. The van der Waals surface area contributed by atoms with Crippen molar-refractivity contribution in [2.75, 3.05) is 13.2 Å². The van der Waals surface area contributed by atoms with E-state index in [9.17, 15) is 8.42 Å². The van der Waals surface area contributed by atoms with Crippen LogP contribution in [-0.4, -0.2) is 43.1 Å². The van der Waals surface area contributed by atoms with Gasteiger partial charge in [0.05, 0.1) is 24.3 Å². The van der Waals surface area contributed by atoms with Crippen LogP contribution >= 0.6 is 11.6 Å². The van der Waals surface area contributed by atoms with Crippen LogP contribution in [0.25, 0.3) is 0 Å². The third-order valence-corrected chi connectivity index (χ3v) is 5.78. The summed E-state index contributed by atoms with van der Waals surface area (Å²) in [6.07, 6.45) is -0.152. The van der Waals surface area contributed by atoms with Crippen LogP contribution in [0.5, 0.6) is 0 Å². The maximum absolute atomic E-state index is 12.7. The summed E-state index contributed by atoms with van der Waals surface area (Å²) in [5.41, 5.74) is 0.516. The summed E-state index contributed by atoms with van der Waals surface area (Å²) >= 11 is 6.02. The molecule has 2 atom stereocenters. The molecule has 2 rings (SSSR count). The summed E-state index contributed by atoms with van der Waals surface area (Å²) in [6, 6.07) is 4.27. The lowest BCUT2D eigenvalue weighted by molar-refractivity contribution is -0.0170. The maximum Gasteiger partial charge on any atom is 0.244 e. The number of ether oxygens (including phenoxy) is 1. The molecule has 1 aromatic carbocycles. The summed E-state index contributed by atoms with van der Waals surface area (Å²) in [4.78, 5) is 0.0340. The number of benzene rings is 1. The average Bonchev–Trinajstić information content (AvgIpc) is 2.41. The molecule has 0 radical (unpaired) electrons. The second-order valence-corrected chi connectivity index (χ2v) is 7.26. The monoisotopic (exact) mass is 319 g/mol. The lowest BCUT2D eigenvalue weighted by Gasteiger charge is -2.35. The van der Waals surface area contributed by atoms with Crippen LogP contribution in [0, 0.1) is 0 Å². The standard InChI is InChI=1S/C13H18ClNO4S/c1-9-8-19-10(2)6-15(9)20(17,18)13-5-11(7-16)3-4-12(13)14/h3-5,9-10,16H,6-8H2,1-2H3. The Morgan fingerprint density at radius 3 is 2.80 bits per heavy atom. The van der Waals surface area contributed by atoms with Crippen LogP contribution in [0.2, 0.25) is 5.02 Å². The maximum atomic E-state index is 12.7. The summed E-state index contributed by atoms with van der Waals surface area (Å²) < 4.78 is 32.3. The number of sulfonamides is 1. The molecule has 0 aliphatic carbocycles. The SMILES string of the molecule is CC1CN(S(=O)(=O)c2cc(CO)ccc2Cl)C(C)CO1. The first-order valence-corrected chi connectivity index (χ1v) is 8.20. The lowest BCUT2D eigenvalue weighted by Crippen LogP contribution is -2.50. The van der Waals surface area contributed by atoms with Crippen molar-refractivity contribution in [3.63, 3.8) is 0 Å². The molecule has 0 saturated carbocycles. The predicted octanol–water partition coefficient (Wildman–Crippen LogP) is 1.63. The molecule has 1 aromatic rings. The topological polar surface area (TPSA) is 66.8 Å². The van der Waals surface area contributed by atoms with Gasteiger partial charge in [0, 0.05) is 12.6 Å². The summed E-state index contributed by atoms with van der Waals surface area (Å²) in [5, 5.41) is 9.31. The van der Waals surface area contributed by atoms with E-state index in [4.69, 9.17) is 21.4 Å². The van der Waals surface area contributed by atoms with Gasteiger partial charge in [-0.2, -0.15) is 4.31 Å². The number of aliphatic hydroxyl groups excluding tert-OH is 1. The Morgan fingerprint density at radius 2 is 2.15 bits per heavy atom. The van der Waals surface area contributed by atoms with Crippen molar-refractivity contribution >= 4 is 21.6 Å². The molecule has 1 saturated heterocycles. The zero-order chi connectivity index (χ0) is 14.9. The van der Waals surface area contributed by atoms with Gasteiger partial charge >= 0.3 is 0 Å². The van der Waals surface area contributed by atoms with Crippen LogP contribution < -0.4 is 0 Å². The molecular weight excluding hydrogens is 302 g/mol. The molecule has 20 heavy (non-hydrogen) atoms. The minimum absolute atomic E-state index is 0.0340. The Morgan fingerprint density at radius 1 is 1.45 bits per heavy atom. The fourth-order valence-electron chi connectivity index (χ4n) is 2.18. The number of hydrogen-bond donors (Lipinski definition) is 1. The van der Waals surface area contributed by atoms with Crippen LogP contribution in [0.15, 0.2) is 23.1 Å². The Bertz CT molecular complexity index is 590. The zero-order valence-corrected chi connectivity index (χ0v) is 13.0. The van der Waals surface area contributed by atoms with E-state index < -0.39 is 10.0 Å². The molecule has 0 bridgehead atoms. The van der Waals surface area contributed by atoms with Gasteiger partial charge in [-0.25, -0.2) is 8.42 Å². The number of rotatable bonds is 3. The lowest BCUT2D eigenvalue weighted by atomic mass is 10.2. The highest BCUT2D eigenvalue weighted by atomic mass is 35.5. The predicted molar refractivity (Wildman–Crippen MR) is 76.1 cm³/mol. The minimum Gasteiger partial charge on any atom is -0.392 e. The van der Waals surface area contributed by atoms with E-state index in [0.717, 1.165) is 0 Å². The van der Waals surface area contributed by atoms with Crippen LogP contribution in [0.1, 0.15) is 19.4 Å². The van der Waals surface area contributed by atoms with Gasteiger partial charge in [0.25, 0.3) is 0 Å². The number of aliphatic hydroxyl groups is 1. The van der Waals surface area contributed by atoms with E-state index in [0.29, 0.717) is 18.7 Å². The van der Waals surface area contributed by atoms with E-state index in [1.807, 2.05) is 6.92 Å². The fourth-order valence-corrected chi connectivity index (χ4v) is 4.40. The van der Waals surface area contributed by atoms with Gasteiger partial charge in [-0.3, -0.25) is 0 Å². The Labute approximate surface area is 124 Å². The smallest absolute Gasteiger partial charge is 0.244 e. The first kappa shape index (κ1) is 15.7. The molecular formula is C13H18ClNO4S. The van der Waals surface area contributed by atoms with Gasteiger partial charge in [0.2, 0.25) is 10.0 Å². The largest absolute Gasteiger partial charge is 0.392 e. The Balaban J connectivity index is 2.43. The zero-order valence-electron chi connectivity index (χ0n) is 11.4. The number of nitrogens with zero attached hydrogens (tertiary/aromatic N) is 1. The van der Waals surface area contributed by atoms with Gasteiger partial charge in [0.1, 0.15) is 4.90 Å². The van der Waals surface area contributed by atoms with Crippen molar-refractivity contribution in [3.8, 4) is 0 Å². The van der Waals surface area contributed by atoms with Gasteiger partial charge in [-0.1, -0.05) is 17.7 Å². The normalized spacial score (nSPS) is 24.8.